The van der Waals surface area contributed by atoms with Crippen LogP contribution >= 0.6 is 0 Å². The third-order valence-electron chi connectivity index (χ3n) is 2.41. The van der Waals surface area contributed by atoms with Crippen molar-refractivity contribution >= 4 is 5.69 Å². The first-order chi connectivity index (χ1) is 7.84. The van der Waals surface area contributed by atoms with E-state index >= 15 is 0 Å². The first kappa shape index (κ1) is 10.7. The van der Waals surface area contributed by atoms with Gasteiger partial charge in [0.25, 0.3) is 0 Å². The summed E-state index contributed by atoms with van der Waals surface area (Å²) in [5.41, 5.74) is 2.11. The lowest BCUT2D eigenvalue weighted by Crippen LogP contribution is -2.04. The third kappa shape index (κ3) is 3.09. The Bertz CT molecular complexity index is 439. The molecular weight excluding hydrogens is 201 g/mol. The van der Waals surface area contributed by atoms with Crippen LogP contribution in [0.3, 0.4) is 0 Å². The molecule has 0 atom stereocenters. The monoisotopic (exact) mass is 215 g/mol. The van der Waals surface area contributed by atoms with Crippen molar-refractivity contribution in [3.05, 3.63) is 66.0 Å². The van der Waals surface area contributed by atoms with Crippen molar-refractivity contribution in [1.29, 1.82) is 0 Å². The van der Waals surface area contributed by atoms with E-state index in [4.69, 9.17) is 0 Å². The largest absolute Gasteiger partial charge is 0.385 e. The van der Waals surface area contributed by atoms with E-state index in [2.05, 4.69) is 17.4 Å². The van der Waals surface area contributed by atoms with E-state index in [1.165, 1.54) is 17.7 Å². The molecule has 0 aliphatic heterocycles. The van der Waals surface area contributed by atoms with Gasteiger partial charge in [0.2, 0.25) is 0 Å². The summed E-state index contributed by atoms with van der Waals surface area (Å²) in [5.74, 6) is -0.204. The molecular formula is C14H14FN. The fraction of sp³-hybridized carbons (Fsp3) is 0.143. The van der Waals surface area contributed by atoms with Gasteiger partial charge < -0.3 is 5.32 Å². The highest BCUT2D eigenvalue weighted by Crippen LogP contribution is 2.09. The highest BCUT2D eigenvalue weighted by Gasteiger charge is 1.94. The van der Waals surface area contributed by atoms with Gasteiger partial charge in [-0.05, 0) is 30.2 Å². The molecule has 0 spiro atoms. The van der Waals surface area contributed by atoms with Gasteiger partial charge in [0, 0.05) is 12.2 Å². The first-order valence-electron chi connectivity index (χ1n) is 5.38. The van der Waals surface area contributed by atoms with Gasteiger partial charge in [0.1, 0.15) is 5.82 Å². The summed E-state index contributed by atoms with van der Waals surface area (Å²) >= 11 is 0. The zero-order valence-electron chi connectivity index (χ0n) is 8.99. The molecule has 0 saturated heterocycles. The number of hydrogen-bond donors (Lipinski definition) is 1. The molecule has 2 rings (SSSR count). The predicted octanol–water partition coefficient (Wildman–Crippen LogP) is 3.48. The van der Waals surface area contributed by atoms with Crippen molar-refractivity contribution in [3.8, 4) is 0 Å². The Kier molecular flexibility index (Phi) is 3.54. The normalized spacial score (nSPS) is 10.1. The average Bonchev–Trinajstić information content (AvgIpc) is 2.30. The minimum Gasteiger partial charge on any atom is -0.385 e. The number of benzene rings is 2. The molecule has 0 aliphatic carbocycles. The molecule has 0 bridgehead atoms. The Morgan fingerprint density at radius 1 is 0.938 bits per heavy atom. The maximum absolute atomic E-state index is 12.9. The first-order valence-corrected chi connectivity index (χ1v) is 5.38. The van der Waals surface area contributed by atoms with Crippen LogP contribution in [0.5, 0.6) is 0 Å². The number of rotatable bonds is 4. The fourth-order valence-corrected chi connectivity index (χ4v) is 1.59. The van der Waals surface area contributed by atoms with Crippen LogP contribution in [0.2, 0.25) is 0 Å². The molecule has 0 amide bonds. The van der Waals surface area contributed by atoms with E-state index in [0.717, 1.165) is 18.7 Å². The summed E-state index contributed by atoms with van der Waals surface area (Å²) in [6.07, 6.45) is 0.942. The number of anilines is 1. The summed E-state index contributed by atoms with van der Waals surface area (Å²) in [4.78, 5) is 0. The molecule has 0 fully saturated rings. The van der Waals surface area contributed by atoms with Gasteiger partial charge in [-0.1, -0.05) is 36.4 Å². The molecule has 82 valence electrons. The molecule has 0 aliphatic rings. The zero-order chi connectivity index (χ0) is 11.2. The minimum absolute atomic E-state index is 0.204. The lowest BCUT2D eigenvalue weighted by Gasteiger charge is -2.06. The van der Waals surface area contributed by atoms with Crippen molar-refractivity contribution in [2.75, 3.05) is 11.9 Å². The van der Waals surface area contributed by atoms with Crippen LogP contribution in [-0.2, 0) is 6.42 Å². The molecule has 16 heavy (non-hydrogen) atoms. The molecule has 0 unspecified atom stereocenters. The highest BCUT2D eigenvalue weighted by atomic mass is 19.1. The summed E-state index contributed by atoms with van der Waals surface area (Å²) < 4.78 is 12.9. The van der Waals surface area contributed by atoms with Crippen LogP contribution in [0.25, 0.3) is 0 Å². The molecule has 0 aromatic heterocycles. The van der Waals surface area contributed by atoms with Crippen molar-refractivity contribution in [2.45, 2.75) is 6.42 Å². The van der Waals surface area contributed by atoms with Crippen molar-refractivity contribution in [3.63, 3.8) is 0 Å². The topological polar surface area (TPSA) is 12.0 Å². The SMILES string of the molecule is Fc1cccc(NCCc2ccccc2)c1. The molecule has 2 aromatic carbocycles. The van der Waals surface area contributed by atoms with E-state index < -0.39 is 0 Å². The molecule has 0 heterocycles. The van der Waals surface area contributed by atoms with Crippen LogP contribution in [0.1, 0.15) is 5.56 Å². The van der Waals surface area contributed by atoms with E-state index in [1.807, 2.05) is 24.3 Å². The zero-order valence-corrected chi connectivity index (χ0v) is 8.99. The summed E-state index contributed by atoms with van der Waals surface area (Å²) in [7, 11) is 0. The van der Waals surface area contributed by atoms with Gasteiger partial charge in [0.15, 0.2) is 0 Å². The van der Waals surface area contributed by atoms with Crippen molar-refractivity contribution in [1.82, 2.24) is 0 Å². The molecule has 1 nitrogen and oxygen atoms in total. The van der Waals surface area contributed by atoms with Gasteiger partial charge in [-0.2, -0.15) is 0 Å². The van der Waals surface area contributed by atoms with E-state index in [-0.39, 0.29) is 5.82 Å². The second-order valence-electron chi connectivity index (χ2n) is 3.67. The van der Waals surface area contributed by atoms with E-state index in [1.54, 1.807) is 6.07 Å². The van der Waals surface area contributed by atoms with Gasteiger partial charge in [-0.3, -0.25) is 0 Å². The maximum Gasteiger partial charge on any atom is 0.125 e. The predicted molar refractivity (Wildman–Crippen MR) is 65.0 cm³/mol. The fourth-order valence-electron chi connectivity index (χ4n) is 1.59. The van der Waals surface area contributed by atoms with Crippen LogP contribution in [0.15, 0.2) is 54.6 Å². The quantitative estimate of drug-likeness (QED) is 0.823. The van der Waals surface area contributed by atoms with E-state index in [9.17, 15) is 4.39 Å². The van der Waals surface area contributed by atoms with Crippen molar-refractivity contribution in [2.24, 2.45) is 0 Å². The highest BCUT2D eigenvalue weighted by molar-refractivity contribution is 5.43. The molecule has 0 saturated carbocycles. The van der Waals surface area contributed by atoms with Crippen molar-refractivity contribution < 1.29 is 4.39 Å². The van der Waals surface area contributed by atoms with Crippen LogP contribution in [0.4, 0.5) is 10.1 Å². The average molecular weight is 215 g/mol. The lowest BCUT2D eigenvalue weighted by atomic mass is 10.1. The number of nitrogens with one attached hydrogen (secondary N) is 1. The van der Waals surface area contributed by atoms with Gasteiger partial charge in [-0.15, -0.1) is 0 Å². The second kappa shape index (κ2) is 5.31. The molecule has 2 heteroatoms. The minimum atomic E-state index is -0.204. The Labute approximate surface area is 94.9 Å². The lowest BCUT2D eigenvalue weighted by molar-refractivity contribution is 0.628. The summed E-state index contributed by atoms with van der Waals surface area (Å²) in [6.45, 7) is 0.813. The Hall–Kier alpha value is -1.83. The standard InChI is InChI=1S/C14H14FN/c15-13-7-4-8-14(11-13)16-10-9-12-5-2-1-3-6-12/h1-8,11,16H,9-10H2. The Morgan fingerprint density at radius 2 is 1.75 bits per heavy atom. The van der Waals surface area contributed by atoms with E-state index in [0.29, 0.717) is 0 Å². The van der Waals surface area contributed by atoms with Crippen LogP contribution < -0.4 is 5.32 Å². The van der Waals surface area contributed by atoms with Gasteiger partial charge in [-0.25, -0.2) is 4.39 Å². The second-order valence-corrected chi connectivity index (χ2v) is 3.67. The summed E-state index contributed by atoms with van der Waals surface area (Å²) in [6, 6.07) is 16.8. The molecule has 0 radical (unpaired) electrons. The van der Waals surface area contributed by atoms with Gasteiger partial charge in [0.05, 0.1) is 0 Å². The Morgan fingerprint density at radius 3 is 2.50 bits per heavy atom. The number of hydrogen-bond acceptors (Lipinski definition) is 1. The number of halogens is 1. The van der Waals surface area contributed by atoms with Gasteiger partial charge >= 0.3 is 0 Å². The smallest absolute Gasteiger partial charge is 0.125 e. The molecule has 2 aromatic rings. The Balaban J connectivity index is 1.85. The maximum atomic E-state index is 12.9. The van der Waals surface area contributed by atoms with Crippen LogP contribution in [0, 0.1) is 5.82 Å². The van der Waals surface area contributed by atoms with Crippen LogP contribution in [-0.4, -0.2) is 6.54 Å². The third-order valence-corrected chi connectivity index (χ3v) is 2.41. The summed E-state index contributed by atoms with van der Waals surface area (Å²) in [5, 5.41) is 3.19. The molecule has 1 N–H and O–H groups in total.